The number of nitrogens with one attached hydrogen (secondary N) is 2. The molecule has 1 amide bonds. The second kappa shape index (κ2) is 10.3. The minimum Gasteiger partial charge on any atom is -0.490 e. The van der Waals surface area contributed by atoms with Crippen molar-refractivity contribution in [3.63, 3.8) is 0 Å². The topological polar surface area (TPSA) is 123 Å². The molecule has 0 spiro atoms. The van der Waals surface area contributed by atoms with Crippen molar-refractivity contribution in [2.24, 2.45) is 0 Å². The first-order valence-corrected chi connectivity index (χ1v) is 10.6. The van der Waals surface area contributed by atoms with Crippen LogP contribution in [0.4, 0.5) is 0 Å². The Balaban J connectivity index is 1.50. The lowest BCUT2D eigenvalue weighted by molar-refractivity contribution is -0.122. The van der Waals surface area contributed by atoms with Crippen LogP contribution in [0.3, 0.4) is 0 Å². The molecule has 11 heteroatoms. The molecule has 1 saturated heterocycles. The van der Waals surface area contributed by atoms with Gasteiger partial charge in [0, 0.05) is 24.7 Å². The van der Waals surface area contributed by atoms with Crippen LogP contribution >= 0.6 is 23.2 Å². The maximum absolute atomic E-state index is 12.1. The number of aliphatic hydroxyl groups is 1. The van der Waals surface area contributed by atoms with Crippen molar-refractivity contribution < 1.29 is 19.4 Å². The number of hydrogen-bond donors (Lipinski definition) is 3. The number of H-pyrrole nitrogens is 1. The Morgan fingerprint density at radius 2 is 2.06 bits per heavy atom. The quantitative estimate of drug-likeness (QED) is 0.537. The number of hydrogen-bond acceptors (Lipinski definition) is 6. The van der Waals surface area contributed by atoms with E-state index in [2.05, 4.69) is 10.3 Å². The Hall–Kier alpha value is -2.33. The van der Waals surface area contributed by atoms with E-state index in [4.69, 9.17) is 32.7 Å². The van der Waals surface area contributed by atoms with Crippen LogP contribution in [-0.4, -0.2) is 45.9 Å². The van der Waals surface area contributed by atoms with Gasteiger partial charge in [-0.05, 0) is 18.6 Å². The summed E-state index contributed by atoms with van der Waals surface area (Å²) in [7, 11) is 0. The summed E-state index contributed by atoms with van der Waals surface area (Å²) in [4.78, 5) is 38.2. The number of halogens is 2. The summed E-state index contributed by atoms with van der Waals surface area (Å²) in [6, 6.07) is 4.96. The molecule has 0 saturated carbocycles. The third-order valence-corrected chi connectivity index (χ3v) is 5.53. The number of benzene rings is 1. The minimum absolute atomic E-state index is 0.0486. The van der Waals surface area contributed by atoms with E-state index >= 15 is 0 Å². The smallest absolute Gasteiger partial charge is 0.330 e. The van der Waals surface area contributed by atoms with Gasteiger partial charge in [-0.25, -0.2) is 4.79 Å². The molecule has 1 fully saturated rings. The average molecular weight is 472 g/mol. The lowest BCUT2D eigenvalue weighted by Crippen LogP contribution is -2.38. The summed E-state index contributed by atoms with van der Waals surface area (Å²) >= 11 is 12.0. The lowest BCUT2D eigenvalue weighted by Gasteiger charge is -2.17. The van der Waals surface area contributed by atoms with Gasteiger partial charge >= 0.3 is 5.69 Å². The normalized spacial score (nSPS) is 20.6. The first-order valence-electron chi connectivity index (χ1n) is 9.81. The van der Waals surface area contributed by atoms with Crippen molar-refractivity contribution in [2.75, 3.05) is 13.2 Å². The fraction of sp³-hybridized carbons (Fsp3) is 0.450. The Bertz CT molecular complexity index is 1030. The predicted octanol–water partition coefficient (Wildman–Crippen LogP) is 1.64. The molecule has 1 aromatic heterocycles. The van der Waals surface area contributed by atoms with Crippen LogP contribution in [0.15, 0.2) is 34.0 Å². The Kier molecular flexibility index (Phi) is 7.77. The molecule has 3 atom stereocenters. The van der Waals surface area contributed by atoms with Gasteiger partial charge < -0.3 is 19.9 Å². The molecule has 2 heterocycles. The molecule has 1 aromatic carbocycles. The Labute approximate surface area is 187 Å². The van der Waals surface area contributed by atoms with Gasteiger partial charge in [0.2, 0.25) is 5.91 Å². The first kappa shape index (κ1) is 23.3. The number of aryl methyl sites for hydroxylation is 1. The number of nitrogens with zero attached hydrogens (tertiary/aromatic N) is 1. The Morgan fingerprint density at radius 1 is 1.35 bits per heavy atom. The molecule has 0 radical (unpaired) electrons. The molecule has 3 rings (SSSR count). The van der Waals surface area contributed by atoms with E-state index in [0.717, 1.165) is 0 Å². The predicted molar refractivity (Wildman–Crippen MR) is 115 cm³/mol. The number of amides is 1. The molecule has 2 aromatic rings. The van der Waals surface area contributed by atoms with Crippen LogP contribution in [0.2, 0.25) is 10.0 Å². The SMILES string of the molecule is CCc1cn([C@@H]2CC(O)[C@H](CNC(=O)CCOc3c(Cl)cccc3Cl)O2)c(=O)[nH]c1=O. The third kappa shape index (κ3) is 5.68. The van der Waals surface area contributed by atoms with Crippen molar-refractivity contribution in [1.29, 1.82) is 0 Å². The van der Waals surface area contributed by atoms with Gasteiger partial charge in [0.05, 0.1) is 29.2 Å². The molecule has 1 aliphatic rings. The number of ether oxygens (including phenoxy) is 2. The highest BCUT2D eigenvalue weighted by molar-refractivity contribution is 6.37. The fourth-order valence-corrected chi connectivity index (χ4v) is 3.74. The minimum atomic E-state index is -0.882. The highest BCUT2D eigenvalue weighted by Gasteiger charge is 2.35. The average Bonchev–Trinajstić information content (AvgIpc) is 3.09. The summed E-state index contributed by atoms with van der Waals surface area (Å²) in [5.41, 5.74) is -0.612. The maximum Gasteiger partial charge on any atom is 0.330 e. The van der Waals surface area contributed by atoms with E-state index in [9.17, 15) is 19.5 Å². The molecule has 31 heavy (non-hydrogen) atoms. The number of para-hydroxylation sites is 1. The van der Waals surface area contributed by atoms with Crippen molar-refractivity contribution in [3.8, 4) is 5.75 Å². The highest BCUT2D eigenvalue weighted by Crippen LogP contribution is 2.32. The number of rotatable bonds is 8. The van der Waals surface area contributed by atoms with E-state index in [1.165, 1.54) is 10.8 Å². The number of aromatic nitrogens is 2. The molecule has 1 aliphatic heterocycles. The van der Waals surface area contributed by atoms with E-state index in [0.29, 0.717) is 27.8 Å². The van der Waals surface area contributed by atoms with Crippen LogP contribution in [0.25, 0.3) is 0 Å². The van der Waals surface area contributed by atoms with Crippen molar-refractivity contribution in [1.82, 2.24) is 14.9 Å². The van der Waals surface area contributed by atoms with Crippen LogP contribution in [0.1, 0.15) is 31.6 Å². The number of carbonyl (C=O) groups excluding carboxylic acids is 1. The van der Waals surface area contributed by atoms with E-state index < -0.39 is 29.7 Å². The van der Waals surface area contributed by atoms with E-state index in [-0.39, 0.29) is 31.9 Å². The van der Waals surface area contributed by atoms with Crippen LogP contribution in [-0.2, 0) is 16.0 Å². The monoisotopic (exact) mass is 471 g/mol. The summed E-state index contributed by atoms with van der Waals surface area (Å²) in [6.07, 6.45) is -0.222. The van der Waals surface area contributed by atoms with Crippen molar-refractivity contribution >= 4 is 29.1 Å². The van der Waals surface area contributed by atoms with Gasteiger partial charge in [0.1, 0.15) is 12.3 Å². The van der Waals surface area contributed by atoms with Crippen LogP contribution in [0, 0.1) is 0 Å². The molecule has 3 N–H and O–H groups in total. The molecule has 0 bridgehead atoms. The molecule has 9 nitrogen and oxygen atoms in total. The second-order valence-corrected chi connectivity index (χ2v) is 7.87. The number of aromatic amines is 1. The first-order chi connectivity index (χ1) is 14.8. The molecule has 168 valence electrons. The molecule has 1 unspecified atom stereocenters. The maximum atomic E-state index is 12.1. The van der Waals surface area contributed by atoms with Gasteiger partial charge in [0.25, 0.3) is 5.56 Å². The number of aliphatic hydroxyl groups excluding tert-OH is 1. The zero-order chi connectivity index (χ0) is 22.5. The third-order valence-electron chi connectivity index (χ3n) is 4.93. The molecular weight excluding hydrogens is 449 g/mol. The van der Waals surface area contributed by atoms with Crippen LogP contribution in [0.5, 0.6) is 5.75 Å². The molecule has 0 aliphatic carbocycles. The summed E-state index contributed by atoms with van der Waals surface area (Å²) in [5.74, 6) is 0.00530. The largest absolute Gasteiger partial charge is 0.490 e. The highest BCUT2D eigenvalue weighted by atomic mass is 35.5. The van der Waals surface area contributed by atoms with Crippen molar-refractivity contribution in [2.45, 2.75) is 44.6 Å². The van der Waals surface area contributed by atoms with Gasteiger partial charge in [-0.2, -0.15) is 0 Å². The fourth-order valence-electron chi connectivity index (χ4n) is 3.23. The van der Waals surface area contributed by atoms with E-state index in [1.807, 2.05) is 0 Å². The van der Waals surface area contributed by atoms with E-state index in [1.54, 1.807) is 25.1 Å². The standard InChI is InChI=1S/C20H23Cl2N3O6/c1-2-11-10-25(20(29)24-19(11)28)17-8-14(26)15(31-17)9-23-16(27)6-7-30-18-12(21)4-3-5-13(18)22/h3-5,10,14-15,17,26H,2,6-9H2,1H3,(H,23,27)(H,24,28,29)/t14?,15-,17-/m0/s1. The number of carbonyl (C=O) groups is 1. The molecular formula is C20H23Cl2N3O6. The summed E-state index contributed by atoms with van der Waals surface area (Å²) in [6.45, 7) is 1.92. The van der Waals surface area contributed by atoms with Gasteiger partial charge in [-0.15, -0.1) is 0 Å². The van der Waals surface area contributed by atoms with Gasteiger partial charge in [-0.3, -0.25) is 19.1 Å². The summed E-state index contributed by atoms with van der Waals surface area (Å²) in [5, 5.41) is 13.7. The van der Waals surface area contributed by atoms with Crippen molar-refractivity contribution in [3.05, 3.63) is 60.8 Å². The lowest BCUT2D eigenvalue weighted by atomic mass is 10.1. The summed E-state index contributed by atoms with van der Waals surface area (Å²) < 4.78 is 12.5. The Morgan fingerprint density at radius 3 is 2.74 bits per heavy atom. The van der Waals surface area contributed by atoms with Gasteiger partial charge in [-0.1, -0.05) is 36.2 Å². The van der Waals surface area contributed by atoms with Crippen LogP contribution < -0.4 is 21.3 Å². The zero-order valence-electron chi connectivity index (χ0n) is 16.8. The van der Waals surface area contributed by atoms with Gasteiger partial charge in [0.15, 0.2) is 5.75 Å². The zero-order valence-corrected chi connectivity index (χ0v) is 18.3. The second-order valence-electron chi connectivity index (χ2n) is 7.06.